The first-order valence-corrected chi connectivity index (χ1v) is 14.1. The van der Waals surface area contributed by atoms with Crippen molar-refractivity contribution in [3.8, 4) is 0 Å². The highest BCUT2D eigenvalue weighted by Gasteiger charge is 2.59. The topological polar surface area (TPSA) is 105 Å². The summed E-state index contributed by atoms with van der Waals surface area (Å²) in [7, 11) is 0. The number of carboxylic acids is 1. The van der Waals surface area contributed by atoms with Crippen LogP contribution < -0.4 is 5.32 Å². The molecule has 0 aromatic heterocycles. The maximum Gasteiger partial charge on any atom is 0.335 e. The molecule has 0 heterocycles. The molecule has 38 heavy (non-hydrogen) atoms. The summed E-state index contributed by atoms with van der Waals surface area (Å²) < 4.78 is 0. The molecule has 204 valence electrons. The lowest BCUT2D eigenvalue weighted by molar-refractivity contribution is -0.128. The summed E-state index contributed by atoms with van der Waals surface area (Å²) in [5.74, 6) is 1.44. The average Bonchev–Trinajstić information content (AvgIpc) is 3.25. The molecule has 5 rings (SSSR count). The van der Waals surface area contributed by atoms with Gasteiger partial charge in [-0.3, -0.25) is 9.59 Å². The highest BCUT2D eigenvalue weighted by molar-refractivity contribution is 5.96. The minimum absolute atomic E-state index is 0.153. The Morgan fingerprint density at radius 1 is 1.03 bits per heavy atom. The monoisotopic (exact) mass is 520 g/mol. The van der Waals surface area contributed by atoms with E-state index in [1.54, 1.807) is 19.1 Å². The lowest BCUT2D eigenvalue weighted by atomic mass is 9.46. The minimum Gasteiger partial charge on any atom is -0.478 e. The van der Waals surface area contributed by atoms with E-state index >= 15 is 0 Å². The number of ketones is 1. The van der Waals surface area contributed by atoms with Crippen LogP contribution in [0.25, 0.3) is 0 Å². The number of Topliss-reactive ketones (excluding diaryl/α,β-unsaturated/α-hetero) is 1. The second-order valence-corrected chi connectivity index (χ2v) is 12.4. The molecule has 2 N–H and O–H groups in total. The Balaban J connectivity index is 1.16. The molecule has 1 aromatic rings. The molecule has 3 fully saturated rings. The van der Waals surface area contributed by atoms with E-state index in [1.807, 2.05) is 0 Å². The van der Waals surface area contributed by atoms with Gasteiger partial charge in [0.05, 0.1) is 11.3 Å². The molecule has 4 aliphatic rings. The van der Waals surface area contributed by atoms with Crippen LogP contribution >= 0.6 is 0 Å². The molecule has 3 saturated carbocycles. The summed E-state index contributed by atoms with van der Waals surface area (Å²) in [4.78, 5) is 41.0. The normalized spacial score (nSPS) is 34.9. The average molecular weight is 521 g/mol. The number of amides is 1. The number of nitrogens with zero attached hydrogens (tertiary/aromatic N) is 1. The van der Waals surface area contributed by atoms with Crippen LogP contribution in [-0.4, -0.2) is 35.1 Å². The Labute approximate surface area is 225 Å². The molecule has 1 aromatic carbocycles. The van der Waals surface area contributed by atoms with E-state index in [9.17, 15) is 14.4 Å². The summed E-state index contributed by atoms with van der Waals surface area (Å²) >= 11 is 0. The third-order valence-electron chi connectivity index (χ3n) is 10.5. The number of fused-ring (bicyclic) bond motifs is 5. The van der Waals surface area contributed by atoms with Gasteiger partial charge in [-0.15, -0.1) is 0 Å². The number of carboxylic acid groups (broad SMARTS) is 1. The molecule has 0 bridgehead atoms. The molecule has 0 spiro atoms. The number of allylic oxidation sites excluding steroid dienone is 2. The van der Waals surface area contributed by atoms with Crippen LogP contribution in [0.4, 0.5) is 0 Å². The van der Waals surface area contributed by atoms with Gasteiger partial charge < -0.3 is 15.3 Å². The quantitative estimate of drug-likeness (QED) is 0.459. The number of hydrogen-bond acceptors (Lipinski definition) is 5. The Bertz CT molecular complexity index is 1170. The van der Waals surface area contributed by atoms with Crippen molar-refractivity contribution in [1.29, 1.82) is 0 Å². The van der Waals surface area contributed by atoms with Crippen LogP contribution in [0.1, 0.15) is 88.1 Å². The van der Waals surface area contributed by atoms with Crippen molar-refractivity contribution < 1.29 is 24.3 Å². The number of oxime groups is 1. The summed E-state index contributed by atoms with van der Waals surface area (Å²) in [5.41, 5.74) is 3.79. The largest absolute Gasteiger partial charge is 0.478 e. The summed E-state index contributed by atoms with van der Waals surface area (Å²) in [5, 5.41) is 16.1. The van der Waals surface area contributed by atoms with Gasteiger partial charge in [0.2, 0.25) is 0 Å². The third kappa shape index (κ3) is 4.80. The maximum absolute atomic E-state index is 12.4. The lowest BCUT2D eigenvalue weighted by Crippen LogP contribution is -2.51. The van der Waals surface area contributed by atoms with E-state index in [0.29, 0.717) is 30.1 Å². The minimum atomic E-state index is -0.975. The van der Waals surface area contributed by atoms with Crippen molar-refractivity contribution in [2.24, 2.45) is 39.7 Å². The van der Waals surface area contributed by atoms with Gasteiger partial charge in [-0.25, -0.2) is 4.79 Å². The second-order valence-electron chi connectivity index (χ2n) is 12.4. The molecule has 0 aliphatic heterocycles. The Morgan fingerprint density at radius 3 is 2.50 bits per heavy atom. The van der Waals surface area contributed by atoms with E-state index in [2.05, 4.69) is 30.4 Å². The van der Waals surface area contributed by atoms with Crippen molar-refractivity contribution >= 4 is 23.4 Å². The van der Waals surface area contributed by atoms with Gasteiger partial charge in [0, 0.05) is 12.5 Å². The number of rotatable bonds is 7. The summed E-state index contributed by atoms with van der Waals surface area (Å²) in [6, 6.07) is 6.41. The Hall–Kier alpha value is -2.96. The molecule has 0 saturated heterocycles. The second kappa shape index (κ2) is 10.3. The molecule has 4 aliphatic carbocycles. The molecular formula is C31H40N2O5. The maximum atomic E-state index is 12.4. The fourth-order valence-electron chi connectivity index (χ4n) is 8.50. The number of aromatic carboxylic acids is 1. The van der Waals surface area contributed by atoms with Gasteiger partial charge in [-0.1, -0.05) is 36.7 Å². The van der Waals surface area contributed by atoms with Crippen molar-refractivity contribution in [2.75, 3.05) is 6.61 Å². The predicted octanol–water partition coefficient (Wildman–Crippen LogP) is 5.54. The molecule has 0 radical (unpaired) electrons. The van der Waals surface area contributed by atoms with E-state index < -0.39 is 5.97 Å². The van der Waals surface area contributed by atoms with Crippen LogP contribution in [0.5, 0.6) is 0 Å². The molecular weight excluding hydrogens is 480 g/mol. The summed E-state index contributed by atoms with van der Waals surface area (Å²) in [6.07, 6.45) is 11.0. The van der Waals surface area contributed by atoms with E-state index in [-0.39, 0.29) is 34.8 Å². The third-order valence-corrected chi connectivity index (χ3v) is 10.5. The van der Waals surface area contributed by atoms with Crippen molar-refractivity contribution in [3.05, 3.63) is 47.0 Å². The number of carbonyl (C=O) groups is 3. The van der Waals surface area contributed by atoms with Gasteiger partial charge in [-0.05, 0) is 111 Å². The smallest absolute Gasteiger partial charge is 0.335 e. The fourth-order valence-corrected chi connectivity index (χ4v) is 8.50. The molecule has 7 nitrogen and oxygen atoms in total. The van der Waals surface area contributed by atoms with Crippen molar-refractivity contribution in [3.63, 3.8) is 0 Å². The highest BCUT2D eigenvalue weighted by Crippen LogP contribution is 2.66. The predicted molar refractivity (Wildman–Crippen MR) is 145 cm³/mol. The Morgan fingerprint density at radius 2 is 1.79 bits per heavy atom. The molecule has 7 heteroatoms. The van der Waals surface area contributed by atoms with Gasteiger partial charge >= 0.3 is 5.97 Å². The first kappa shape index (κ1) is 26.6. The van der Waals surface area contributed by atoms with Crippen molar-refractivity contribution in [2.45, 2.75) is 78.7 Å². The first-order chi connectivity index (χ1) is 18.1. The number of hydrogen-bond donors (Lipinski definition) is 2. The zero-order valence-corrected chi connectivity index (χ0v) is 22.8. The van der Waals surface area contributed by atoms with Gasteiger partial charge in [0.25, 0.3) is 5.91 Å². The fraction of sp³-hybridized carbons (Fsp3) is 0.613. The SMILES string of the molecule is CC(=O)[C@@H]1CC[C@@H]2[C@@H]3CCC4=CC(=NOCC(=O)NCc5ccc(C(=O)O)cc5)CC[C@]4(C)[C@@H]3CC[C@@]21C. The summed E-state index contributed by atoms with van der Waals surface area (Å²) in [6.45, 7) is 6.79. The molecule has 1 amide bonds. The van der Waals surface area contributed by atoms with Crippen LogP contribution in [0.15, 0.2) is 41.1 Å². The Kier molecular flexibility index (Phi) is 7.23. The van der Waals surface area contributed by atoms with Crippen LogP contribution in [0.3, 0.4) is 0 Å². The molecule has 6 atom stereocenters. The van der Waals surface area contributed by atoms with Crippen LogP contribution in [0, 0.1) is 34.5 Å². The number of nitrogens with one attached hydrogen (secondary N) is 1. The zero-order chi connectivity index (χ0) is 27.1. The zero-order valence-electron chi connectivity index (χ0n) is 22.8. The lowest BCUT2D eigenvalue weighted by Gasteiger charge is -2.58. The number of benzene rings is 1. The highest BCUT2D eigenvalue weighted by atomic mass is 16.6. The van der Waals surface area contributed by atoms with E-state index in [1.165, 1.54) is 37.0 Å². The van der Waals surface area contributed by atoms with E-state index in [4.69, 9.17) is 9.94 Å². The molecule has 0 unspecified atom stereocenters. The van der Waals surface area contributed by atoms with Gasteiger partial charge in [-0.2, -0.15) is 0 Å². The number of carbonyl (C=O) groups excluding carboxylic acids is 2. The van der Waals surface area contributed by atoms with Gasteiger partial charge in [0.15, 0.2) is 6.61 Å². The van der Waals surface area contributed by atoms with Crippen molar-refractivity contribution in [1.82, 2.24) is 5.32 Å². The van der Waals surface area contributed by atoms with Crippen LogP contribution in [0.2, 0.25) is 0 Å². The van der Waals surface area contributed by atoms with Crippen LogP contribution in [-0.2, 0) is 21.0 Å². The standard InChI is InChI=1S/C31H40N2O5/c1-19(34)25-10-11-26-24-9-8-22-16-23(12-14-30(22,2)27(24)13-15-31(25,26)3)33-38-18-28(35)32-17-20-4-6-21(7-5-20)29(36)37/h4-7,16,24-27H,8-15,17-18H2,1-3H3,(H,32,35)(H,36,37)/t24-,25-,26+,27+,30-,31+/m0/s1. The first-order valence-electron chi connectivity index (χ1n) is 14.1. The van der Waals surface area contributed by atoms with Gasteiger partial charge in [0.1, 0.15) is 5.78 Å². The van der Waals surface area contributed by atoms with E-state index in [0.717, 1.165) is 43.4 Å².